The molecular weight excluding hydrogens is 334 g/mol. The Morgan fingerprint density at radius 2 is 2.00 bits per heavy atom. The molecule has 0 spiro atoms. The lowest BCUT2D eigenvalue weighted by Crippen LogP contribution is -2.14. The molecule has 2 N–H and O–H groups in total. The van der Waals surface area contributed by atoms with E-state index in [0.717, 1.165) is 0 Å². The summed E-state index contributed by atoms with van der Waals surface area (Å²) in [4.78, 5) is 12.3. The summed E-state index contributed by atoms with van der Waals surface area (Å²) >= 11 is 3.35. The van der Waals surface area contributed by atoms with Crippen molar-refractivity contribution in [3.05, 3.63) is 58.1 Å². The van der Waals surface area contributed by atoms with Gasteiger partial charge in [0.1, 0.15) is 5.75 Å². The van der Waals surface area contributed by atoms with Crippen LogP contribution in [0.2, 0.25) is 0 Å². The second kappa shape index (κ2) is 6.74. The minimum Gasteiger partial charge on any atom is -0.496 e. The fraction of sp³-hybridized carbons (Fsp3) is 0.188. The predicted octanol–water partition coefficient (Wildman–Crippen LogP) is 3.76. The van der Waals surface area contributed by atoms with Gasteiger partial charge < -0.3 is 15.2 Å². The largest absolute Gasteiger partial charge is 0.496 e. The number of carbonyl (C=O) groups excluding carboxylic acids is 1. The number of carbonyl (C=O) groups is 1. The number of rotatable bonds is 4. The lowest BCUT2D eigenvalue weighted by molar-refractivity contribution is 0.102. The highest BCUT2D eigenvalue weighted by Crippen LogP contribution is 2.27. The molecular formula is C16H16BrNO3. The Labute approximate surface area is 131 Å². The lowest BCUT2D eigenvalue weighted by Gasteiger charge is -2.13. The minimum atomic E-state index is -0.649. The summed E-state index contributed by atoms with van der Waals surface area (Å²) in [6.45, 7) is 1.66. The van der Waals surface area contributed by atoms with E-state index in [1.165, 1.54) is 0 Å². The maximum Gasteiger partial charge on any atom is 0.255 e. The van der Waals surface area contributed by atoms with Gasteiger partial charge in [0.2, 0.25) is 0 Å². The molecule has 110 valence electrons. The first kappa shape index (κ1) is 15.5. The number of hydrogen-bond acceptors (Lipinski definition) is 3. The zero-order valence-electron chi connectivity index (χ0n) is 11.8. The number of benzene rings is 2. The molecule has 2 rings (SSSR count). The van der Waals surface area contributed by atoms with Gasteiger partial charge in [0.05, 0.1) is 17.7 Å². The quantitative estimate of drug-likeness (QED) is 0.883. The topological polar surface area (TPSA) is 58.6 Å². The smallest absolute Gasteiger partial charge is 0.255 e. The summed E-state index contributed by atoms with van der Waals surface area (Å²) in [5.41, 5.74) is 1.78. The molecule has 2 aromatic carbocycles. The van der Waals surface area contributed by atoms with E-state index in [-0.39, 0.29) is 5.91 Å². The van der Waals surface area contributed by atoms with Gasteiger partial charge in [-0.3, -0.25) is 4.79 Å². The normalized spacial score (nSPS) is 11.8. The third-order valence-corrected chi connectivity index (χ3v) is 3.69. The predicted molar refractivity (Wildman–Crippen MR) is 85.7 cm³/mol. The molecule has 0 aliphatic heterocycles. The van der Waals surface area contributed by atoms with E-state index in [2.05, 4.69) is 21.2 Å². The highest BCUT2D eigenvalue weighted by molar-refractivity contribution is 9.10. The number of anilines is 1. The molecule has 0 saturated carbocycles. The Hall–Kier alpha value is -1.85. The van der Waals surface area contributed by atoms with Gasteiger partial charge in [0.25, 0.3) is 5.91 Å². The van der Waals surface area contributed by atoms with Crippen molar-refractivity contribution in [2.24, 2.45) is 0 Å². The number of methoxy groups -OCH3 is 1. The number of aliphatic hydroxyl groups excluding tert-OH is 1. The Bertz CT molecular complexity index is 656. The highest BCUT2D eigenvalue weighted by Gasteiger charge is 2.13. The summed E-state index contributed by atoms with van der Waals surface area (Å²) in [6, 6.07) is 12.3. The summed E-state index contributed by atoms with van der Waals surface area (Å²) in [6.07, 6.45) is -0.649. The van der Waals surface area contributed by atoms with Crippen molar-refractivity contribution in [2.75, 3.05) is 12.4 Å². The zero-order chi connectivity index (χ0) is 15.4. The SMILES string of the molecule is COc1ccc(C(=O)Nc2ccccc2C(C)O)cc1Br. The van der Waals surface area contributed by atoms with Gasteiger partial charge in [-0.2, -0.15) is 0 Å². The number of halogens is 1. The first-order chi connectivity index (χ1) is 10.0. The van der Waals surface area contributed by atoms with Crippen LogP contribution in [0.25, 0.3) is 0 Å². The van der Waals surface area contributed by atoms with E-state index in [0.29, 0.717) is 27.0 Å². The molecule has 0 aliphatic carbocycles. The van der Waals surface area contributed by atoms with Crippen molar-refractivity contribution in [1.29, 1.82) is 0 Å². The first-order valence-corrected chi connectivity index (χ1v) is 7.24. The van der Waals surface area contributed by atoms with Crippen LogP contribution in [-0.2, 0) is 0 Å². The lowest BCUT2D eigenvalue weighted by atomic mass is 10.1. The van der Waals surface area contributed by atoms with Gasteiger partial charge in [-0.1, -0.05) is 18.2 Å². The molecule has 0 aromatic heterocycles. The van der Waals surface area contributed by atoms with Crippen LogP contribution in [-0.4, -0.2) is 18.1 Å². The van der Waals surface area contributed by atoms with Crippen LogP contribution in [0, 0.1) is 0 Å². The summed E-state index contributed by atoms with van der Waals surface area (Å²) in [5.74, 6) is 0.419. The van der Waals surface area contributed by atoms with Crippen LogP contribution in [0.5, 0.6) is 5.75 Å². The van der Waals surface area contributed by atoms with E-state index >= 15 is 0 Å². The van der Waals surface area contributed by atoms with Crippen LogP contribution in [0.4, 0.5) is 5.69 Å². The summed E-state index contributed by atoms with van der Waals surface area (Å²) in [5, 5.41) is 12.5. The molecule has 1 amide bonds. The average molecular weight is 350 g/mol. The fourth-order valence-electron chi connectivity index (χ4n) is 1.98. The number of nitrogens with one attached hydrogen (secondary N) is 1. The van der Waals surface area contributed by atoms with Gasteiger partial charge in [-0.15, -0.1) is 0 Å². The minimum absolute atomic E-state index is 0.244. The zero-order valence-corrected chi connectivity index (χ0v) is 13.3. The summed E-state index contributed by atoms with van der Waals surface area (Å²) in [7, 11) is 1.57. The second-order valence-corrected chi connectivity index (χ2v) is 5.42. The highest BCUT2D eigenvalue weighted by atomic mass is 79.9. The van der Waals surface area contributed by atoms with E-state index in [9.17, 15) is 9.90 Å². The molecule has 2 aromatic rings. The number of hydrogen-bond donors (Lipinski definition) is 2. The number of aliphatic hydroxyl groups is 1. The van der Waals surface area contributed by atoms with E-state index in [4.69, 9.17) is 4.74 Å². The third kappa shape index (κ3) is 3.62. The van der Waals surface area contributed by atoms with Crippen molar-refractivity contribution in [3.8, 4) is 5.75 Å². The molecule has 0 saturated heterocycles. The molecule has 1 unspecified atom stereocenters. The van der Waals surface area contributed by atoms with E-state index in [1.54, 1.807) is 44.4 Å². The molecule has 4 nitrogen and oxygen atoms in total. The van der Waals surface area contributed by atoms with Gasteiger partial charge >= 0.3 is 0 Å². The molecule has 0 aliphatic rings. The molecule has 5 heteroatoms. The van der Waals surface area contributed by atoms with Crippen LogP contribution >= 0.6 is 15.9 Å². The first-order valence-electron chi connectivity index (χ1n) is 6.45. The third-order valence-electron chi connectivity index (χ3n) is 3.07. The Kier molecular flexibility index (Phi) is 4.98. The number of amides is 1. The van der Waals surface area contributed by atoms with Gasteiger partial charge in [-0.25, -0.2) is 0 Å². The van der Waals surface area contributed by atoms with Crippen LogP contribution in [0.3, 0.4) is 0 Å². The molecule has 1 atom stereocenters. The monoisotopic (exact) mass is 349 g/mol. The maximum absolute atomic E-state index is 12.3. The second-order valence-electron chi connectivity index (χ2n) is 4.57. The maximum atomic E-state index is 12.3. The molecule has 21 heavy (non-hydrogen) atoms. The van der Waals surface area contributed by atoms with Crippen LogP contribution in [0.1, 0.15) is 28.9 Å². The molecule has 0 bridgehead atoms. The number of ether oxygens (including phenoxy) is 1. The van der Waals surface area contributed by atoms with Crippen molar-refractivity contribution in [1.82, 2.24) is 0 Å². The van der Waals surface area contributed by atoms with E-state index in [1.807, 2.05) is 12.1 Å². The number of para-hydroxylation sites is 1. The van der Waals surface area contributed by atoms with Crippen LogP contribution < -0.4 is 10.1 Å². The average Bonchev–Trinajstić information content (AvgIpc) is 2.47. The van der Waals surface area contributed by atoms with Gasteiger partial charge in [-0.05, 0) is 47.1 Å². The Morgan fingerprint density at radius 3 is 2.62 bits per heavy atom. The summed E-state index contributed by atoms with van der Waals surface area (Å²) < 4.78 is 5.85. The van der Waals surface area contributed by atoms with E-state index < -0.39 is 6.10 Å². The molecule has 0 fully saturated rings. The molecule has 0 radical (unpaired) electrons. The van der Waals surface area contributed by atoms with Crippen molar-refractivity contribution < 1.29 is 14.6 Å². The van der Waals surface area contributed by atoms with Crippen molar-refractivity contribution in [3.63, 3.8) is 0 Å². The van der Waals surface area contributed by atoms with Crippen molar-refractivity contribution in [2.45, 2.75) is 13.0 Å². The van der Waals surface area contributed by atoms with Crippen molar-refractivity contribution >= 4 is 27.5 Å². The standard InChI is InChI=1S/C16H16BrNO3/c1-10(19)12-5-3-4-6-14(12)18-16(20)11-7-8-15(21-2)13(17)9-11/h3-10,19H,1-2H3,(H,18,20). The fourth-order valence-corrected chi connectivity index (χ4v) is 2.52. The van der Waals surface area contributed by atoms with Gasteiger partial charge in [0.15, 0.2) is 0 Å². The molecule has 0 heterocycles. The Balaban J connectivity index is 2.24. The van der Waals surface area contributed by atoms with Crippen LogP contribution in [0.15, 0.2) is 46.9 Å². The Morgan fingerprint density at radius 1 is 1.29 bits per heavy atom. The van der Waals surface area contributed by atoms with Gasteiger partial charge in [0, 0.05) is 16.8 Å².